The van der Waals surface area contributed by atoms with Gasteiger partial charge in [-0.25, -0.2) is 0 Å². The molecule has 6 nitrogen and oxygen atoms in total. The van der Waals surface area contributed by atoms with Gasteiger partial charge in [-0.1, -0.05) is 0 Å². The summed E-state index contributed by atoms with van der Waals surface area (Å²) in [5.41, 5.74) is 0. The summed E-state index contributed by atoms with van der Waals surface area (Å²) < 4.78 is 0. The quantitative estimate of drug-likeness (QED) is 0.290. The van der Waals surface area contributed by atoms with Crippen molar-refractivity contribution in [1.29, 1.82) is 0 Å². The average Bonchev–Trinajstić information content (AvgIpc) is 1.84. The molecule has 2 atom stereocenters. The van der Waals surface area contributed by atoms with Crippen molar-refractivity contribution in [2.24, 2.45) is 0 Å². The molecule has 0 aromatic rings. The summed E-state index contributed by atoms with van der Waals surface area (Å²) in [7, 11) is 0. The Bertz CT molecular complexity index is 160. The first-order valence-corrected chi connectivity index (χ1v) is 2.58. The van der Waals surface area contributed by atoms with Gasteiger partial charge in [0, 0.05) is 0 Å². The Hall–Kier alpha value is -1.14. The highest BCUT2D eigenvalue weighted by Gasteiger charge is 2.30. The molecule has 1 aliphatic rings. The van der Waals surface area contributed by atoms with Crippen molar-refractivity contribution >= 4 is 11.8 Å². The lowest BCUT2D eigenvalue weighted by atomic mass is 10.3. The molecule has 0 spiro atoms. The molecule has 0 aliphatic carbocycles. The third kappa shape index (κ3) is 1.07. The molecule has 1 fully saturated rings. The number of amides is 2. The van der Waals surface area contributed by atoms with Crippen LogP contribution in [0.2, 0.25) is 0 Å². The lowest BCUT2D eigenvalue weighted by Gasteiger charge is -2.22. The topological polar surface area (TPSA) is 98.7 Å². The lowest BCUT2D eigenvalue weighted by Crippen LogP contribution is -2.61. The van der Waals surface area contributed by atoms with Gasteiger partial charge in [0.25, 0.3) is 11.8 Å². The van der Waals surface area contributed by atoms with E-state index in [4.69, 9.17) is 10.2 Å². The molecule has 1 heterocycles. The van der Waals surface area contributed by atoms with Crippen LogP contribution < -0.4 is 10.6 Å². The molecule has 0 bridgehead atoms. The van der Waals surface area contributed by atoms with Crippen LogP contribution in [0.5, 0.6) is 0 Å². The monoisotopic (exact) mass is 146 g/mol. The smallest absolute Gasteiger partial charge is 0.272 e. The fourth-order valence-electron chi connectivity index (χ4n) is 0.558. The van der Waals surface area contributed by atoms with E-state index in [2.05, 4.69) is 0 Å². The molecule has 4 N–H and O–H groups in total. The minimum atomic E-state index is -1.55. The van der Waals surface area contributed by atoms with Crippen molar-refractivity contribution in [3.8, 4) is 0 Å². The van der Waals surface area contributed by atoms with Gasteiger partial charge in [0.05, 0.1) is 0 Å². The Morgan fingerprint density at radius 2 is 1.30 bits per heavy atom. The minimum absolute atomic E-state index is 0.813. The number of aliphatic hydroxyl groups is 2. The van der Waals surface area contributed by atoms with E-state index in [-0.39, 0.29) is 0 Å². The lowest BCUT2D eigenvalue weighted by molar-refractivity contribution is -0.152. The highest BCUT2D eigenvalue weighted by atomic mass is 16.3. The second-order valence-electron chi connectivity index (χ2n) is 1.82. The van der Waals surface area contributed by atoms with E-state index in [1.165, 1.54) is 0 Å². The summed E-state index contributed by atoms with van der Waals surface area (Å²) >= 11 is 0. The summed E-state index contributed by atoms with van der Waals surface area (Å²) in [6.45, 7) is 0. The molecule has 0 aromatic carbocycles. The van der Waals surface area contributed by atoms with Gasteiger partial charge in [0.2, 0.25) is 12.5 Å². The van der Waals surface area contributed by atoms with E-state index < -0.39 is 24.3 Å². The number of piperazine rings is 1. The first-order valence-electron chi connectivity index (χ1n) is 2.58. The van der Waals surface area contributed by atoms with Gasteiger partial charge in [0.15, 0.2) is 0 Å². The van der Waals surface area contributed by atoms with Crippen molar-refractivity contribution in [3.05, 3.63) is 0 Å². The zero-order valence-corrected chi connectivity index (χ0v) is 4.87. The average molecular weight is 146 g/mol. The molecular formula is C4H6N2O4. The standard InChI is InChI=1S/C4H6N2O4/c7-1-2(8)6-4(10)3(9)5-1/h1,4,7,10H,(H,5,9)(H,6,8). The van der Waals surface area contributed by atoms with Crippen LogP contribution in [0.15, 0.2) is 0 Å². The molecule has 2 amide bonds. The van der Waals surface area contributed by atoms with Gasteiger partial charge in [-0.3, -0.25) is 9.59 Å². The largest absolute Gasteiger partial charge is 0.365 e. The zero-order valence-electron chi connectivity index (χ0n) is 4.87. The van der Waals surface area contributed by atoms with E-state index in [0.29, 0.717) is 0 Å². The molecular weight excluding hydrogens is 140 g/mol. The van der Waals surface area contributed by atoms with E-state index in [0.717, 1.165) is 0 Å². The molecule has 0 radical (unpaired) electrons. The maximum absolute atomic E-state index is 10.4. The number of aliphatic hydroxyl groups excluding tert-OH is 2. The molecule has 56 valence electrons. The highest BCUT2D eigenvalue weighted by Crippen LogP contribution is 1.89. The summed E-state index contributed by atoms with van der Waals surface area (Å²) in [5, 5.41) is 20.9. The number of nitrogens with one attached hydrogen (secondary N) is 2. The molecule has 2 unspecified atom stereocenters. The summed E-state index contributed by atoms with van der Waals surface area (Å²) in [5.74, 6) is -1.63. The first-order chi connectivity index (χ1) is 4.61. The Morgan fingerprint density at radius 3 is 1.60 bits per heavy atom. The van der Waals surface area contributed by atoms with Gasteiger partial charge >= 0.3 is 0 Å². The van der Waals surface area contributed by atoms with Crippen LogP contribution in [-0.4, -0.2) is 34.5 Å². The zero-order chi connectivity index (χ0) is 7.72. The maximum atomic E-state index is 10.4. The Morgan fingerprint density at radius 1 is 1.00 bits per heavy atom. The maximum Gasteiger partial charge on any atom is 0.272 e. The second kappa shape index (κ2) is 2.24. The van der Waals surface area contributed by atoms with E-state index in [9.17, 15) is 9.59 Å². The molecule has 1 aliphatic heterocycles. The van der Waals surface area contributed by atoms with Crippen molar-refractivity contribution in [3.63, 3.8) is 0 Å². The van der Waals surface area contributed by atoms with Crippen molar-refractivity contribution in [1.82, 2.24) is 10.6 Å². The SMILES string of the molecule is O=C1NC(O)C(=O)NC1O. The number of hydrogen-bond donors (Lipinski definition) is 4. The van der Waals surface area contributed by atoms with Gasteiger partial charge < -0.3 is 20.8 Å². The third-order valence-corrected chi connectivity index (χ3v) is 1.05. The van der Waals surface area contributed by atoms with Crippen molar-refractivity contribution in [2.45, 2.75) is 12.5 Å². The van der Waals surface area contributed by atoms with Crippen molar-refractivity contribution < 1.29 is 19.8 Å². The summed E-state index contributed by atoms with van der Waals surface area (Å²) in [6, 6.07) is 0. The van der Waals surface area contributed by atoms with Gasteiger partial charge in [-0.15, -0.1) is 0 Å². The van der Waals surface area contributed by atoms with E-state index in [1.807, 2.05) is 10.6 Å². The van der Waals surface area contributed by atoms with Crippen LogP contribution in [0.3, 0.4) is 0 Å². The number of hydrogen-bond acceptors (Lipinski definition) is 4. The summed E-state index contributed by atoms with van der Waals surface area (Å²) in [4.78, 5) is 20.8. The van der Waals surface area contributed by atoms with Gasteiger partial charge in [0.1, 0.15) is 0 Å². The van der Waals surface area contributed by atoms with Crippen LogP contribution in [0.4, 0.5) is 0 Å². The normalized spacial score (nSPS) is 33.0. The second-order valence-corrected chi connectivity index (χ2v) is 1.82. The van der Waals surface area contributed by atoms with Crippen LogP contribution in [0, 0.1) is 0 Å². The predicted octanol–water partition coefficient (Wildman–Crippen LogP) is -3.13. The number of rotatable bonds is 0. The fourth-order valence-corrected chi connectivity index (χ4v) is 0.558. The predicted molar refractivity (Wildman–Crippen MR) is 28.3 cm³/mol. The number of carbonyl (C=O) groups excluding carboxylic acids is 2. The Kier molecular flexibility index (Phi) is 1.56. The van der Waals surface area contributed by atoms with Crippen LogP contribution in [0.25, 0.3) is 0 Å². The van der Waals surface area contributed by atoms with Crippen LogP contribution in [0.1, 0.15) is 0 Å². The molecule has 0 saturated carbocycles. The van der Waals surface area contributed by atoms with E-state index in [1.54, 1.807) is 0 Å². The molecule has 1 rings (SSSR count). The van der Waals surface area contributed by atoms with E-state index >= 15 is 0 Å². The van der Waals surface area contributed by atoms with Crippen LogP contribution >= 0.6 is 0 Å². The van der Waals surface area contributed by atoms with Gasteiger partial charge in [-0.05, 0) is 0 Å². The summed E-state index contributed by atoms with van der Waals surface area (Å²) in [6.07, 6.45) is -3.09. The molecule has 6 heteroatoms. The first kappa shape index (κ1) is 6.97. The Labute approximate surface area is 55.8 Å². The molecule has 0 aromatic heterocycles. The minimum Gasteiger partial charge on any atom is -0.365 e. The number of carbonyl (C=O) groups is 2. The van der Waals surface area contributed by atoms with Crippen molar-refractivity contribution in [2.75, 3.05) is 0 Å². The van der Waals surface area contributed by atoms with Crippen LogP contribution in [-0.2, 0) is 9.59 Å². The fraction of sp³-hybridized carbons (Fsp3) is 0.500. The van der Waals surface area contributed by atoms with Gasteiger partial charge in [-0.2, -0.15) is 0 Å². The molecule has 10 heavy (non-hydrogen) atoms. The highest BCUT2D eigenvalue weighted by molar-refractivity contribution is 5.94. The third-order valence-electron chi connectivity index (χ3n) is 1.05. The molecule has 1 saturated heterocycles. The Balaban J connectivity index is 2.63.